The first kappa shape index (κ1) is 14.5. The molecule has 3 nitrogen and oxygen atoms in total. The van der Waals surface area contributed by atoms with Crippen LogP contribution >= 0.6 is 33.4 Å². The number of halogens is 1. The third-order valence-electron chi connectivity index (χ3n) is 1.96. The zero-order chi connectivity index (χ0) is 12.3. The first-order chi connectivity index (χ1) is 7.41. The Morgan fingerprint density at radius 1 is 1.19 bits per heavy atom. The van der Waals surface area contributed by atoms with E-state index in [4.69, 9.17) is 0 Å². The minimum atomic E-state index is -3.32. The summed E-state index contributed by atoms with van der Waals surface area (Å²) in [4.78, 5) is 0.364. The molecule has 0 heterocycles. The summed E-state index contributed by atoms with van der Waals surface area (Å²) in [6, 6.07) is 5.24. The van der Waals surface area contributed by atoms with Gasteiger partial charge in [0.05, 0.1) is 4.90 Å². The molecule has 2 unspecified atom stereocenters. The van der Waals surface area contributed by atoms with E-state index in [2.05, 4.69) is 15.9 Å². The van der Waals surface area contributed by atoms with Gasteiger partial charge in [-0.15, -0.1) is 0 Å². The summed E-state index contributed by atoms with van der Waals surface area (Å²) in [5.41, 5.74) is 0.937. The molecule has 1 aromatic rings. The van der Waals surface area contributed by atoms with Crippen LogP contribution in [0.5, 0.6) is 0 Å². The smallest absolute Gasteiger partial charge is 0.206 e. The van der Waals surface area contributed by atoms with Gasteiger partial charge in [-0.1, -0.05) is 15.9 Å². The van der Waals surface area contributed by atoms with Crippen LogP contribution in [0.25, 0.3) is 0 Å². The minimum Gasteiger partial charge on any atom is -0.206 e. The average molecular weight is 342 g/mol. The fraction of sp³-hybridized carbons (Fsp3) is 0.333. The van der Waals surface area contributed by atoms with Gasteiger partial charge in [0.2, 0.25) is 10.0 Å². The third kappa shape index (κ3) is 3.24. The molecular formula is C9H14BrNO2P2S. The summed E-state index contributed by atoms with van der Waals surface area (Å²) >= 11 is 3.32. The van der Waals surface area contributed by atoms with Crippen LogP contribution < -0.4 is 0 Å². The minimum absolute atomic E-state index is 0.262. The predicted molar refractivity (Wildman–Crippen MR) is 76.4 cm³/mol. The van der Waals surface area contributed by atoms with E-state index in [1.54, 1.807) is 12.1 Å². The summed E-state index contributed by atoms with van der Waals surface area (Å²) in [6.07, 6.45) is 0. The van der Waals surface area contributed by atoms with Crippen molar-refractivity contribution >= 4 is 43.4 Å². The van der Waals surface area contributed by atoms with E-state index in [1.807, 2.05) is 26.3 Å². The van der Waals surface area contributed by atoms with Crippen LogP contribution in [0.1, 0.15) is 5.56 Å². The SMILES string of the molecule is CPN(PC)S(=O)(=O)c1cc(C)cc(Br)c1. The van der Waals surface area contributed by atoms with Gasteiger partial charge in [0.25, 0.3) is 0 Å². The normalized spacial score (nSPS) is 13.6. The fourth-order valence-corrected chi connectivity index (χ4v) is 6.34. The van der Waals surface area contributed by atoms with Gasteiger partial charge in [0, 0.05) is 4.47 Å². The Labute approximate surface area is 109 Å². The average Bonchev–Trinajstić information content (AvgIpc) is 2.17. The van der Waals surface area contributed by atoms with Crippen molar-refractivity contribution in [2.75, 3.05) is 13.3 Å². The Balaban J connectivity index is 3.26. The van der Waals surface area contributed by atoms with E-state index in [-0.39, 0.29) is 17.5 Å². The molecule has 0 saturated carbocycles. The van der Waals surface area contributed by atoms with Gasteiger partial charge in [0.15, 0.2) is 0 Å². The summed E-state index contributed by atoms with van der Waals surface area (Å²) in [5, 5.41) is 0. The summed E-state index contributed by atoms with van der Waals surface area (Å²) < 4.78 is 26.7. The zero-order valence-electron chi connectivity index (χ0n) is 9.28. The number of aryl methyl sites for hydroxylation is 1. The van der Waals surface area contributed by atoms with Crippen molar-refractivity contribution in [3.8, 4) is 0 Å². The molecule has 0 bridgehead atoms. The topological polar surface area (TPSA) is 37.4 Å². The Morgan fingerprint density at radius 3 is 2.19 bits per heavy atom. The summed E-state index contributed by atoms with van der Waals surface area (Å²) in [5.74, 6) is 0. The van der Waals surface area contributed by atoms with Crippen molar-refractivity contribution < 1.29 is 8.42 Å². The number of hydrogen-bond acceptors (Lipinski definition) is 2. The molecular weight excluding hydrogens is 328 g/mol. The van der Waals surface area contributed by atoms with E-state index in [1.165, 1.54) is 3.85 Å². The fourth-order valence-electron chi connectivity index (χ4n) is 1.31. The molecule has 0 aromatic heterocycles. The van der Waals surface area contributed by atoms with Crippen molar-refractivity contribution in [1.82, 2.24) is 3.85 Å². The lowest BCUT2D eigenvalue weighted by Gasteiger charge is -2.18. The highest BCUT2D eigenvalue weighted by atomic mass is 79.9. The van der Waals surface area contributed by atoms with Crippen LogP contribution in [0.3, 0.4) is 0 Å². The van der Waals surface area contributed by atoms with Crippen LogP contribution in [0.2, 0.25) is 0 Å². The van der Waals surface area contributed by atoms with Crippen LogP contribution in [-0.2, 0) is 10.0 Å². The lowest BCUT2D eigenvalue weighted by molar-refractivity contribution is 0.581. The first-order valence-corrected chi connectivity index (χ1v) is 9.72. The second kappa shape index (κ2) is 5.88. The standard InChI is InChI=1S/C9H14BrNO2P2S/c1-7-4-8(10)6-9(5-7)16(12,13)11(14-2)15-3/h4-6,14-15H,1-3H3. The van der Waals surface area contributed by atoms with Crippen molar-refractivity contribution in [3.63, 3.8) is 0 Å². The van der Waals surface area contributed by atoms with Crippen molar-refractivity contribution in [2.45, 2.75) is 11.8 Å². The molecule has 0 fully saturated rings. The molecule has 7 heteroatoms. The second-order valence-corrected chi connectivity index (χ2v) is 8.77. The predicted octanol–water partition coefficient (Wildman–Crippen LogP) is 3.19. The number of hydrogen-bond donors (Lipinski definition) is 0. The van der Waals surface area contributed by atoms with Crippen molar-refractivity contribution in [1.29, 1.82) is 0 Å². The highest BCUT2D eigenvalue weighted by Gasteiger charge is 2.22. The lowest BCUT2D eigenvalue weighted by Crippen LogP contribution is -2.15. The van der Waals surface area contributed by atoms with E-state index in [0.29, 0.717) is 4.90 Å². The molecule has 1 aromatic carbocycles. The summed E-state index contributed by atoms with van der Waals surface area (Å²) in [6.45, 7) is 5.63. The Kier molecular flexibility index (Phi) is 5.34. The number of nitrogens with zero attached hydrogens (tertiary/aromatic N) is 1. The van der Waals surface area contributed by atoms with Gasteiger partial charge in [-0.05, 0) is 61.5 Å². The highest BCUT2D eigenvalue weighted by Crippen LogP contribution is 2.35. The molecule has 1 rings (SSSR count). The molecule has 16 heavy (non-hydrogen) atoms. The van der Waals surface area contributed by atoms with Crippen molar-refractivity contribution in [3.05, 3.63) is 28.2 Å². The quantitative estimate of drug-likeness (QED) is 0.788. The molecule has 0 aliphatic rings. The van der Waals surface area contributed by atoms with E-state index >= 15 is 0 Å². The van der Waals surface area contributed by atoms with Gasteiger partial charge in [-0.2, -0.15) is 3.85 Å². The van der Waals surface area contributed by atoms with Gasteiger partial charge in [0.1, 0.15) is 0 Å². The van der Waals surface area contributed by atoms with Gasteiger partial charge >= 0.3 is 0 Å². The first-order valence-electron chi connectivity index (χ1n) is 4.59. The van der Waals surface area contributed by atoms with Crippen LogP contribution in [0.4, 0.5) is 0 Å². The largest absolute Gasteiger partial charge is 0.249 e. The molecule has 2 atom stereocenters. The van der Waals surface area contributed by atoms with E-state index in [9.17, 15) is 8.42 Å². The number of rotatable bonds is 4. The summed E-state index contributed by atoms with van der Waals surface area (Å²) in [7, 11) is -2.79. The number of sulfonamides is 1. The monoisotopic (exact) mass is 341 g/mol. The molecule has 0 radical (unpaired) electrons. The molecule has 0 N–H and O–H groups in total. The molecule has 0 aliphatic heterocycles. The van der Waals surface area contributed by atoms with Crippen LogP contribution in [0, 0.1) is 6.92 Å². The van der Waals surface area contributed by atoms with Gasteiger partial charge in [-0.25, -0.2) is 8.42 Å². The lowest BCUT2D eigenvalue weighted by atomic mass is 10.2. The zero-order valence-corrected chi connectivity index (χ0v) is 13.7. The number of benzene rings is 1. The Morgan fingerprint density at radius 2 is 1.75 bits per heavy atom. The molecule has 0 saturated heterocycles. The highest BCUT2D eigenvalue weighted by molar-refractivity contribution is 9.10. The van der Waals surface area contributed by atoms with Gasteiger partial charge in [-0.3, -0.25) is 0 Å². The van der Waals surface area contributed by atoms with Crippen LogP contribution in [0.15, 0.2) is 27.6 Å². The third-order valence-corrected chi connectivity index (χ3v) is 8.42. The second-order valence-electron chi connectivity index (χ2n) is 3.18. The molecule has 0 aliphatic carbocycles. The van der Waals surface area contributed by atoms with Crippen molar-refractivity contribution in [2.24, 2.45) is 0 Å². The van der Waals surface area contributed by atoms with E-state index in [0.717, 1.165) is 10.0 Å². The molecule has 90 valence electrons. The molecule has 0 spiro atoms. The maximum atomic E-state index is 12.2. The maximum Gasteiger partial charge on any atom is 0.249 e. The van der Waals surface area contributed by atoms with Crippen LogP contribution in [-0.4, -0.2) is 25.6 Å². The maximum absolute atomic E-state index is 12.2. The molecule has 0 amide bonds. The van der Waals surface area contributed by atoms with Gasteiger partial charge < -0.3 is 0 Å². The Hall–Kier alpha value is 0.470. The van der Waals surface area contributed by atoms with E-state index < -0.39 is 10.0 Å². The Bertz CT molecular complexity index is 454.